The van der Waals surface area contributed by atoms with Gasteiger partial charge in [-0.15, -0.1) is 0 Å². The lowest BCUT2D eigenvalue weighted by atomic mass is 9.85. The van der Waals surface area contributed by atoms with Gasteiger partial charge in [-0.1, -0.05) is 97.0 Å². The van der Waals surface area contributed by atoms with Crippen LogP contribution in [-0.4, -0.2) is 5.78 Å². The zero-order valence-electron chi connectivity index (χ0n) is 19.6. The van der Waals surface area contributed by atoms with Crippen LogP contribution in [-0.2, 0) is 11.2 Å². The van der Waals surface area contributed by atoms with Gasteiger partial charge in [-0.3, -0.25) is 4.79 Å². The smallest absolute Gasteiger partial charge is 0.137 e. The summed E-state index contributed by atoms with van der Waals surface area (Å²) in [5.41, 5.74) is 9.27. The molecule has 2 aromatic rings. The number of rotatable bonds is 9. The Morgan fingerprint density at radius 1 is 0.938 bits per heavy atom. The Morgan fingerprint density at radius 2 is 1.72 bits per heavy atom. The molecular formula is C31H34O. The fourth-order valence-corrected chi connectivity index (χ4v) is 5.06. The minimum atomic E-state index is 0.345. The maximum Gasteiger partial charge on any atom is 0.137 e. The molecule has 4 rings (SSSR count). The normalized spacial score (nSPS) is 19.7. The van der Waals surface area contributed by atoms with Gasteiger partial charge in [0.15, 0.2) is 0 Å². The SMILES string of the molecule is CCC1C(CCC(=O)Cc2cccc(C)c2C)=CC=C1CC1C=CC(c2ccccc2)=C1. The maximum absolute atomic E-state index is 12.7. The van der Waals surface area contributed by atoms with E-state index in [4.69, 9.17) is 0 Å². The van der Waals surface area contributed by atoms with E-state index in [1.54, 1.807) is 0 Å². The van der Waals surface area contributed by atoms with E-state index in [1.807, 2.05) is 0 Å². The number of allylic oxidation sites excluding steroid dienone is 8. The summed E-state index contributed by atoms with van der Waals surface area (Å²) in [7, 11) is 0. The first-order valence-electron chi connectivity index (χ1n) is 12.0. The summed E-state index contributed by atoms with van der Waals surface area (Å²) in [6.45, 7) is 6.50. The number of benzene rings is 2. The summed E-state index contributed by atoms with van der Waals surface area (Å²) >= 11 is 0. The summed E-state index contributed by atoms with van der Waals surface area (Å²) in [6.07, 6.45) is 15.9. The maximum atomic E-state index is 12.7. The predicted octanol–water partition coefficient (Wildman–Crippen LogP) is 7.75. The quantitative estimate of drug-likeness (QED) is 0.404. The minimum Gasteiger partial charge on any atom is -0.299 e. The van der Waals surface area contributed by atoms with Crippen LogP contribution in [0.15, 0.2) is 90.1 Å². The van der Waals surface area contributed by atoms with Crippen LogP contribution in [0.4, 0.5) is 0 Å². The third-order valence-corrected chi connectivity index (χ3v) is 7.11. The summed E-state index contributed by atoms with van der Waals surface area (Å²) in [4.78, 5) is 12.7. The molecule has 164 valence electrons. The Morgan fingerprint density at radius 3 is 2.50 bits per heavy atom. The standard InChI is InChI=1S/C31H34O/c1-4-31-26(17-18-30(32)21-27-12-8-9-22(2)23(27)3)15-16-29(31)20-24-13-14-28(19-24)25-10-6-5-7-11-25/h5-16,19,24,31H,4,17-18,20-21H2,1-3H3. The number of carbonyl (C=O) groups is 1. The molecule has 2 aromatic carbocycles. The number of Topliss-reactive ketones (excluding diaryl/α,β-unsaturated/α-hetero) is 1. The number of hydrogen-bond acceptors (Lipinski definition) is 1. The van der Waals surface area contributed by atoms with Crippen molar-refractivity contribution in [1.29, 1.82) is 0 Å². The highest BCUT2D eigenvalue weighted by Gasteiger charge is 2.24. The van der Waals surface area contributed by atoms with Gasteiger partial charge in [0.1, 0.15) is 5.78 Å². The zero-order valence-corrected chi connectivity index (χ0v) is 19.6. The van der Waals surface area contributed by atoms with Crippen molar-refractivity contribution in [3.05, 3.63) is 112 Å². The number of ketones is 1. The molecule has 2 aliphatic carbocycles. The molecule has 0 aliphatic heterocycles. The van der Waals surface area contributed by atoms with E-state index in [1.165, 1.54) is 39.0 Å². The minimum absolute atomic E-state index is 0.345. The summed E-state index contributed by atoms with van der Waals surface area (Å²) in [5.74, 6) is 1.30. The third-order valence-electron chi connectivity index (χ3n) is 7.11. The molecule has 2 atom stereocenters. The molecule has 0 fully saturated rings. The molecule has 1 nitrogen and oxygen atoms in total. The molecule has 0 N–H and O–H groups in total. The lowest BCUT2D eigenvalue weighted by Gasteiger charge is -2.19. The van der Waals surface area contributed by atoms with Gasteiger partial charge < -0.3 is 0 Å². The third kappa shape index (κ3) is 5.10. The first-order valence-corrected chi connectivity index (χ1v) is 12.0. The van der Waals surface area contributed by atoms with Crippen molar-refractivity contribution in [3.63, 3.8) is 0 Å². The molecule has 0 spiro atoms. The number of hydrogen-bond donors (Lipinski definition) is 0. The predicted molar refractivity (Wildman–Crippen MR) is 135 cm³/mol. The van der Waals surface area contributed by atoms with Crippen molar-refractivity contribution in [2.75, 3.05) is 0 Å². The Balaban J connectivity index is 1.31. The Hall–Kier alpha value is -2.93. The molecule has 0 bridgehead atoms. The van der Waals surface area contributed by atoms with E-state index in [9.17, 15) is 4.79 Å². The monoisotopic (exact) mass is 422 g/mol. The highest BCUT2D eigenvalue weighted by atomic mass is 16.1. The molecule has 0 saturated carbocycles. The Bertz CT molecular complexity index is 1090. The molecular weight excluding hydrogens is 388 g/mol. The zero-order chi connectivity index (χ0) is 22.5. The summed E-state index contributed by atoms with van der Waals surface area (Å²) in [5, 5.41) is 0. The van der Waals surface area contributed by atoms with Crippen molar-refractivity contribution in [3.8, 4) is 0 Å². The first kappa shape index (κ1) is 22.3. The second kappa shape index (κ2) is 10.1. The van der Waals surface area contributed by atoms with E-state index >= 15 is 0 Å². The van der Waals surface area contributed by atoms with E-state index in [0.717, 1.165) is 19.3 Å². The Labute approximate surface area is 193 Å². The van der Waals surface area contributed by atoms with Gasteiger partial charge in [-0.25, -0.2) is 0 Å². The van der Waals surface area contributed by atoms with Crippen LogP contribution in [0.3, 0.4) is 0 Å². The van der Waals surface area contributed by atoms with Crippen molar-refractivity contribution < 1.29 is 4.79 Å². The van der Waals surface area contributed by atoms with Gasteiger partial charge in [0.25, 0.3) is 0 Å². The van der Waals surface area contributed by atoms with Crippen LogP contribution in [0, 0.1) is 25.7 Å². The second-order valence-corrected chi connectivity index (χ2v) is 9.23. The lowest BCUT2D eigenvalue weighted by Crippen LogP contribution is -2.09. The average molecular weight is 423 g/mol. The van der Waals surface area contributed by atoms with E-state index < -0.39 is 0 Å². The van der Waals surface area contributed by atoms with Crippen molar-refractivity contribution >= 4 is 11.4 Å². The van der Waals surface area contributed by atoms with Crippen LogP contribution < -0.4 is 0 Å². The molecule has 2 aliphatic rings. The van der Waals surface area contributed by atoms with Crippen molar-refractivity contribution in [1.82, 2.24) is 0 Å². The van der Waals surface area contributed by atoms with Gasteiger partial charge in [0.2, 0.25) is 0 Å². The van der Waals surface area contributed by atoms with E-state index in [0.29, 0.717) is 30.5 Å². The van der Waals surface area contributed by atoms with Gasteiger partial charge in [-0.05, 0) is 66.9 Å². The number of carbonyl (C=O) groups excluding carboxylic acids is 1. The van der Waals surface area contributed by atoms with Crippen LogP contribution in [0.5, 0.6) is 0 Å². The molecule has 32 heavy (non-hydrogen) atoms. The van der Waals surface area contributed by atoms with Crippen LogP contribution in [0.2, 0.25) is 0 Å². The van der Waals surface area contributed by atoms with Crippen molar-refractivity contribution in [2.24, 2.45) is 11.8 Å². The van der Waals surface area contributed by atoms with E-state index in [2.05, 4.69) is 99.7 Å². The second-order valence-electron chi connectivity index (χ2n) is 9.23. The van der Waals surface area contributed by atoms with Crippen LogP contribution in [0.1, 0.15) is 54.9 Å². The van der Waals surface area contributed by atoms with Gasteiger partial charge in [-0.2, -0.15) is 0 Å². The van der Waals surface area contributed by atoms with Gasteiger partial charge >= 0.3 is 0 Å². The molecule has 2 unspecified atom stereocenters. The summed E-state index contributed by atoms with van der Waals surface area (Å²) < 4.78 is 0. The molecule has 0 aromatic heterocycles. The van der Waals surface area contributed by atoms with Crippen LogP contribution in [0.25, 0.3) is 5.57 Å². The molecule has 0 amide bonds. The highest BCUT2D eigenvalue weighted by molar-refractivity contribution is 5.81. The van der Waals surface area contributed by atoms with Gasteiger partial charge in [0, 0.05) is 18.8 Å². The molecule has 0 radical (unpaired) electrons. The van der Waals surface area contributed by atoms with Crippen molar-refractivity contribution in [2.45, 2.75) is 52.9 Å². The molecule has 0 saturated heterocycles. The fourth-order valence-electron chi connectivity index (χ4n) is 5.06. The topological polar surface area (TPSA) is 17.1 Å². The molecule has 1 heteroatoms. The van der Waals surface area contributed by atoms with Crippen LogP contribution >= 0.6 is 0 Å². The Kier molecular flexibility index (Phi) is 7.05. The highest BCUT2D eigenvalue weighted by Crippen LogP contribution is 2.38. The summed E-state index contributed by atoms with van der Waals surface area (Å²) in [6, 6.07) is 16.9. The largest absolute Gasteiger partial charge is 0.299 e. The van der Waals surface area contributed by atoms with E-state index in [-0.39, 0.29) is 0 Å². The first-order chi connectivity index (χ1) is 15.5. The lowest BCUT2D eigenvalue weighted by molar-refractivity contribution is -0.118. The van der Waals surface area contributed by atoms with Gasteiger partial charge in [0.05, 0.1) is 0 Å². The fraction of sp³-hybridized carbons (Fsp3) is 0.323. The average Bonchev–Trinajstić information content (AvgIpc) is 3.43. The number of aryl methyl sites for hydroxylation is 1. The molecule has 0 heterocycles.